The van der Waals surface area contributed by atoms with Crippen molar-refractivity contribution in [2.75, 3.05) is 18.0 Å². The first-order chi connectivity index (χ1) is 10.4. The largest absolute Gasteiger partial charge is 0.443 e. The van der Waals surface area contributed by atoms with Crippen molar-refractivity contribution < 1.29 is 9.53 Å². The summed E-state index contributed by atoms with van der Waals surface area (Å²) in [4.78, 5) is 14.1. The quantitative estimate of drug-likeness (QED) is 0.868. The van der Waals surface area contributed by atoms with Gasteiger partial charge in [-0.25, -0.2) is 4.79 Å². The number of hydrogen-bond donors (Lipinski definition) is 1. The molecule has 1 aromatic rings. The van der Waals surface area contributed by atoms with Crippen molar-refractivity contribution in [1.82, 2.24) is 5.32 Å². The fourth-order valence-electron chi connectivity index (χ4n) is 2.55. The highest BCUT2D eigenvalue weighted by Gasteiger charge is 2.30. The van der Waals surface area contributed by atoms with Gasteiger partial charge < -0.3 is 10.1 Å². The lowest BCUT2D eigenvalue weighted by atomic mass is 10.1. The number of nitrogens with one attached hydrogen (secondary N) is 1. The van der Waals surface area contributed by atoms with Crippen LogP contribution in [0.25, 0.3) is 0 Å². The van der Waals surface area contributed by atoms with Crippen molar-refractivity contribution in [2.45, 2.75) is 45.8 Å². The summed E-state index contributed by atoms with van der Waals surface area (Å²) < 4.78 is 5.50. The van der Waals surface area contributed by atoms with Crippen molar-refractivity contribution in [1.29, 1.82) is 5.26 Å². The van der Waals surface area contributed by atoms with Crippen molar-refractivity contribution in [2.24, 2.45) is 0 Å². The molecule has 1 amide bonds. The molecule has 0 radical (unpaired) electrons. The lowest BCUT2D eigenvalue weighted by molar-refractivity contribution is 0.0583. The Morgan fingerprint density at radius 3 is 2.91 bits per heavy atom. The Bertz CT molecular complexity index is 585. The summed E-state index contributed by atoms with van der Waals surface area (Å²) in [5.41, 5.74) is 2.70. The summed E-state index contributed by atoms with van der Waals surface area (Å²) in [5, 5.41) is 11.8. The summed E-state index contributed by atoms with van der Waals surface area (Å²) >= 11 is 0. The van der Waals surface area contributed by atoms with E-state index in [9.17, 15) is 4.79 Å². The molecule has 1 N–H and O–H groups in total. The van der Waals surface area contributed by atoms with Gasteiger partial charge in [-0.1, -0.05) is 18.2 Å². The topological polar surface area (TPSA) is 65.4 Å². The van der Waals surface area contributed by atoms with E-state index in [-0.39, 0.29) is 6.09 Å². The highest BCUT2D eigenvalue weighted by molar-refractivity contribution is 5.91. The van der Waals surface area contributed by atoms with Crippen molar-refractivity contribution in [3.63, 3.8) is 0 Å². The standard InChI is InChI=1S/C17H23N3O2/c1-17(2,3)22-16(21)20-11-8-13-6-4-7-14(15(13)20)12-19-10-5-9-18/h4,6-7,19H,5,8,10-12H2,1-3H3. The molecule has 1 aromatic carbocycles. The van der Waals surface area contributed by atoms with Gasteiger partial charge in [0.05, 0.1) is 11.8 Å². The van der Waals surface area contributed by atoms with E-state index in [0.29, 0.717) is 26.1 Å². The van der Waals surface area contributed by atoms with Gasteiger partial charge in [-0.2, -0.15) is 5.26 Å². The van der Waals surface area contributed by atoms with Crippen LogP contribution in [-0.4, -0.2) is 24.8 Å². The highest BCUT2D eigenvalue weighted by atomic mass is 16.6. The lowest BCUT2D eigenvalue weighted by Crippen LogP contribution is -2.36. The van der Waals surface area contributed by atoms with Crippen LogP contribution in [0.3, 0.4) is 0 Å². The SMILES string of the molecule is CC(C)(C)OC(=O)N1CCc2cccc(CNCCC#N)c21. The van der Waals surface area contributed by atoms with Crippen LogP contribution in [-0.2, 0) is 17.7 Å². The molecule has 0 saturated carbocycles. The number of nitrogens with zero attached hydrogens (tertiary/aromatic N) is 2. The molecular weight excluding hydrogens is 278 g/mol. The minimum absolute atomic E-state index is 0.296. The molecule has 1 heterocycles. The van der Waals surface area contributed by atoms with Gasteiger partial charge in [0.25, 0.3) is 0 Å². The molecule has 22 heavy (non-hydrogen) atoms. The number of carbonyl (C=O) groups excluding carboxylic acids is 1. The van der Waals surface area contributed by atoms with Crippen LogP contribution in [0.4, 0.5) is 10.5 Å². The molecular formula is C17H23N3O2. The maximum Gasteiger partial charge on any atom is 0.414 e. The number of rotatable bonds is 4. The summed E-state index contributed by atoms with van der Waals surface area (Å²) in [5.74, 6) is 0. The average molecular weight is 301 g/mol. The normalized spacial score (nSPS) is 13.6. The van der Waals surface area contributed by atoms with E-state index in [0.717, 1.165) is 17.7 Å². The second kappa shape index (κ2) is 6.80. The third-order valence-electron chi connectivity index (χ3n) is 3.42. The van der Waals surface area contributed by atoms with Crippen LogP contribution in [0.2, 0.25) is 0 Å². The average Bonchev–Trinajstić information content (AvgIpc) is 2.86. The Balaban J connectivity index is 2.14. The number of carbonyl (C=O) groups is 1. The Morgan fingerprint density at radius 1 is 1.45 bits per heavy atom. The predicted molar refractivity (Wildman–Crippen MR) is 85.7 cm³/mol. The minimum Gasteiger partial charge on any atom is -0.443 e. The van der Waals surface area contributed by atoms with Crippen LogP contribution in [0, 0.1) is 11.3 Å². The van der Waals surface area contributed by atoms with E-state index in [4.69, 9.17) is 10.00 Å². The fourth-order valence-corrected chi connectivity index (χ4v) is 2.55. The highest BCUT2D eigenvalue weighted by Crippen LogP contribution is 2.33. The van der Waals surface area contributed by atoms with Crippen LogP contribution in [0.5, 0.6) is 0 Å². The van der Waals surface area contributed by atoms with Crippen LogP contribution >= 0.6 is 0 Å². The third-order valence-corrected chi connectivity index (χ3v) is 3.42. The second-order valence-corrected chi connectivity index (χ2v) is 6.39. The molecule has 5 nitrogen and oxygen atoms in total. The monoisotopic (exact) mass is 301 g/mol. The molecule has 0 spiro atoms. The number of benzene rings is 1. The van der Waals surface area contributed by atoms with Gasteiger partial charge in [-0.3, -0.25) is 4.90 Å². The van der Waals surface area contributed by atoms with Gasteiger partial charge in [0.1, 0.15) is 5.60 Å². The zero-order valence-corrected chi connectivity index (χ0v) is 13.5. The molecule has 5 heteroatoms. The first-order valence-corrected chi connectivity index (χ1v) is 7.61. The first-order valence-electron chi connectivity index (χ1n) is 7.61. The Morgan fingerprint density at radius 2 is 2.23 bits per heavy atom. The maximum atomic E-state index is 12.4. The number of fused-ring (bicyclic) bond motifs is 1. The van der Waals surface area contributed by atoms with E-state index in [1.54, 1.807) is 4.90 Å². The number of ether oxygens (including phenoxy) is 1. The van der Waals surface area contributed by atoms with Crippen LogP contribution < -0.4 is 10.2 Å². The summed E-state index contributed by atoms with van der Waals surface area (Å²) in [6, 6.07) is 8.19. The molecule has 0 saturated heterocycles. The summed E-state index contributed by atoms with van der Waals surface area (Å²) in [6.45, 7) is 7.56. The minimum atomic E-state index is -0.500. The molecule has 0 bridgehead atoms. The molecule has 2 rings (SSSR count). The molecule has 0 fully saturated rings. The van der Waals surface area contributed by atoms with Crippen molar-refractivity contribution >= 4 is 11.8 Å². The van der Waals surface area contributed by atoms with Crippen LogP contribution in [0.15, 0.2) is 18.2 Å². The third kappa shape index (κ3) is 3.99. The lowest BCUT2D eigenvalue weighted by Gasteiger charge is -2.26. The van der Waals surface area contributed by atoms with Gasteiger partial charge in [-0.05, 0) is 38.3 Å². The molecule has 118 valence electrons. The van der Waals surface area contributed by atoms with E-state index < -0.39 is 5.60 Å². The van der Waals surface area contributed by atoms with Gasteiger partial charge >= 0.3 is 6.09 Å². The zero-order valence-electron chi connectivity index (χ0n) is 13.5. The molecule has 1 aliphatic heterocycles. The Hall–Kier alpha value is -2.06. The first kappa shape index (κ1) is 16.3. The van der Waals surface area contributed by atoms with E-state index in [1.165, 1.54) is 5.56 Å². The van der Waals surface area contributed by atoms with E-state index in [1.807, 2.05) is 32.9 Å². The number of amides is 1. The summed E-state index contributed by atoms with van der Waals surface area (Å²) in [7, 11) is 0. The molecule has 0 unspecified atom stereocenters. The van der Waals surface area contributed by atoms with E-state index in [2.05, 4.69) is 17.5 Å². The molecule has 0 aliphatic carbocycles. The molecule has 1 aliphatic rings. The van der Waals surface area contributed by atoms with Crippen LogP contribution in [0.1, 0.15) is 38.3 Å². The van der Waals surface area contributed by atoms with Crippen molar-refractivity contribution in [3.8, 4) is 6.07 Å². The van der Waals surface area contributed by atoms with Gasteiger partial charge in [0.2, 0.25) is 0 Å². The predicted octanol–water partition coefficient (Wildman–Crippen LogP) is 2.99. The molecule has 0 aromatic heterocycles. The fraction of sp³-hybridized carbons (Fsp3) is 0.529. The smallest absolute Gasteiger partial charge is 0.414 e. The summed E-state index contributed by atoms with van der Waals surface area (Å²) in [6.07, 6.45) is 1.03. The van der Waals surface area contributed by atoms with Gasteiger partial charge in [-0.15, -0.1) is 0 Å². The Kier molecular flexibility index (Phi) is 5.04. The van der Waals surface area contributed by atoms with E-state index >= 15 is 0 Å². The maximum absolute atomic E-state index is 12.4. The number of nitriles is 1. The van der Waals surface area contributed by atoms with Crippen molar-refractivity contribution in [3.05, 3.63) is 29.3 Å². The Labute approximate surface area is 131 Å². The zero-order chi connectivity index (χ0) is 16.2. The second-order valence-electron chi connectivity index (χ2n) is 6.39. The number of para-hydroxylation sites is 1. The van der Waals surface area contributed by atoms with Gasteiger partial charge in [0.15, 0.2) is 0 Å². The number of anilines is 1. The van der Waals surface area contributed by atoms with Gasteiger partial charge in [0, 0.05) is 26.1 Å². The number of hydrogen-bond acceptors (Lipinski definition) is 4. The molecule has 0 atom stereocenters.